The molecular formula is C25H46N4O+2. The molecule has 0 radical (unpaired) electrons. The number of nitrogens with zero attached hydrogens (tertiary/aromatic N) is 3. The van der Waals surface area contributed by atoms with Gasteiger partial charge in [0.25, 0.3) is 0 Å². The van der Waals surface area contributed by atoms with E-state index in [4.69, 9.17) is 5.73 Å². The minimum Gasteiger partial charge on any atom is -0.320 e. The Balaban J connectivity index is 1.97. The highest BCUT2D eigenvalue weighted by Gasteiger charge is 2.64. The molecule has 0 saturated carbocycles. The lowest BCUT2D eigenvalue weighted by atomic mass is 9.58. The number of hydrogen-bond acceptors (Lipinski definition) is 2. The fraction of sp³-hybridized carbons (Fsp3) is 0.840. The number of aromatic nitrogens is 2. The molecular weight excluding hydrogens is 372 g/mol. The van der Waals surface area contributed by atoms with E-state index < -0.39 is 0 Å². The second-order valence-corrected chi connectivity index (χ2v) is 13.0. The maximum absolute atomic E-state index is 13.2. The van der Waals surface area contributed by atoms with Gasteiger partial charge in [0.15, 0.2) is 0 Å². The number of imidazole rings is 1. The van der Waals surface area contributed by atoms with Gasteiger partial charge in [-0.2, -0.15) is 0 Å². The minimum atomic E-state index is -0.268. The Morgan fingerprint density at radius 1 is 1.27 bits per heavy atom. The molecule has 30 heavy (non-hydrogen) atoms. The summed E-state index contributed by atoms with van der Waals surface area (Å²) in [7, 11) is 2.08. The highest BCUT2D eigenvalue weighted by atomic mass is 16.2. The Morgan fingerprint density at radius 2 is 1.90 bits per heavy atom. The van der Waals surface area contributed by atoms with Crippen LogP contribution in [0.1, 0.15) is 87.1 Å². The first kappa shape index (κ1) is 23.5. The Morgan fingerprint density at radius 3 is 2.37 bits per heavy atom. The molecule has 4 unspecified atom stereocenters. The topological polar surface area (TPSA) is 51.9 Å². The molecule has 0 aliphatic carbocycles. The molecule has 1 amide bonds. The number of carbonyl (C=O) groups is 1. The number of quaternary nitrogens is 1. The number of nitrogens with two attached hydrogens (primary N) is 1. The van der Waals surface area contributed by atoms with Crippen LogP contribution in [0.15, 0.2) is 18.7 Å². The number of carbonyl (C=O) groups excluding carboxylic acids is 1. The molecule has 5 heteroatoms. The Labute approximate surface area is 184 Å². The quantitative estimate of drug-likeness (QED) is 0.581. The second-order valence-electron chi connectivity index (χ2n) is 13.0. The minimum absolute atomic E-state index is 0.0248. The van der Waals surface area contributed by atoms with Gasteiger partial charge in [0.1, 0.15) is 31.0 Å². The van der Waals surface area contributed by atoms with Crippen LogP contribution < -0.4 is 10.3 Å². The lowest BCUT2D eigenvalue weighted by molar-refractivity contribution is -0.869. The maximum Gasteiger partial charge on any atom is 0.314 e. The van der Waals surface area contributed by atoms with Gasteiger partial charge >= 0.3 is 5.91 Å². The molecule has 2 aliphatic rings. The van der Waals surface area contributed by atoms with Crippen molar-refractivity contribution in [1.29, 1.82) is 0 Å². The third kappa shape index (κ3) is 3.88. The van der Waals surface area contributed by atoms with Crippen molar-refractivity contribution in [2.45, 2.75) is 98.7 Å². The van der Waals surface area contributed by atoms with Crippen LogP contribution in [-0.2, 0) is 11.8 Å². The van der Waals surface area contributed by atoms with Crippen molar-refractivity contribution >= 4 is 5.91 Å². The molecule has 0 aromatic carbocycles. The molecule has 2 N–H and O–H groups in total. The van der Waals surface area contributed by atoms with E-state index in [9.17, 15) is 4.79 Å². The number of hydrogen-bond donors (Lipinski definition) is 1. The van der Waals surface area contributed by atoms with Gasteiger partial charge in [0.05, 0.1) is 25.6 Å². The fourth-order valence-electron chi connectivity index (χ4n) is 6.38. The predicted octanol–water partition coefficient (Wildman–Crippen LogP) is 3.97. The van der Waals surface area contributed by atoms with Gasteiger partial charge in [-0.3, -0.25) is 4.48 Å². The molecule has 170 valence electrons. The van der Waals surface area contributed by atoms with E-state index in [2.05, 4.69) is 90.3 Å². The summed E-state index contributed by atoms with van der Waals surface area (Å²) >= 11 is 0. The van der Waals surface area contributed by atoms with Gasteiger partial charge in [-0.1, -0.05) is 48.5 Å². The van der Waals surface area contributed by atoms with Crippen molar-refractivity contribution in [3.8, 4) is 0 Å². The van der Waals surface area contributed by atoms with E-state index in [1.54, 1.807) is 0 Å². The Bertz CT molecular complexity index is 798. The first-order valence-corrected chi connectivity index (χ1v) is 11.7. The van der Waals surface area contributed by atoms with Crippen molar-refractivity contribution < 1.29 is 13.8 Å². The number of aryl methyl sites for hydroxylation is 1. The van der Waals surface area contributed by atoms with Gasteiger partial charge in [-0.15, -0.1) is 0 Å². The lowest BCUT2D eigenvalue weighted by Gasteiger charge is -2.51. The van der Waals surface area contributed by atoms with Crippen LogP contribution in [-0.4, -0.2) is 39.6 Å². The molecule has 2 aliphatic heterocycles. The molecule has 1 aromatic rings. The van der Waals surface area contributed by atoms with Crippen LogP contribution in [0.5, 0.6) is 0 Å². The van der Waals surface area contributed by atoms with Crippen LogP contribution in [0.2, 0.25) is 0 Å². The smallest absolute Gasteiger partial charge is 0.314 e. The molecule has 0 bridgehead atoms. The van der Waals surface area contributed by atoms with Gasteiger partial charge in [-0.05, 0) is 18.8 Å². The summed E-state index contributed by atoms with van der Waals surface area (Å²) < 4.78 is 5.11. The Kier molecular flexibility index (Phi) is 5.60. The molecule has 3 heterocycles. The molecule has 3 rings (SSSR count). The monoisotopic (exact) mass is 418 g/mol. The van der Waals surface area contributed by atoms with E-state index in [-0.39, 0.29) is 27.8 Å². The molecule has 2 saturated heterocycles. The van der Waals surface area contributed by atoms with Gasteiger partial charge in [0.2, 0.25) is 6.33 Å². The zero-order valence-electron chi connectivity index (χ0n) is 21.0. The van der Waals surface area contributed by atoms with E-state index in [1.165, 1.54) is 0 Å². The molecule has 1 spiro atoms. The summed E-state index contributed by atoms with van der Waals surface area (Å²) in [5, 5.41) is 0. The van der Waals surface area contributed by atoms with E-state index in [0.29, 0.717) is 22.9 Å². The first-order chi connectivity index (χ1) is 13.5. The predicted molar refractivity (Wildman–Crippen MR) is 122 cm³/mol. The van der Waals surface area contributed by atoms with Crippen LogP contribution in [0.4, 0.5) is 0 Å². The molecule has 4 atom stereocenters. The van der Waals surface area contributed by atoms with Gasteiger partial charge < -0.3 is 5.73 Å². The summed E-state index contributed by atoms with van der Waals surface area (Å²) in [5.41, 5.74) is 6.59. The SMILES string of the molecule is C[n+]1ccn(C(CC(C)(C)C(C)(C)C2CC(C)(N)C[N+]23CCCC3=O)C(C)(C)C)c1. The van der Waals surface area contributed by atoms with Crippen molar-refractivity contribution in [1.82, 2.24) is 4.57 Å². The highest BCUT2D eigenvalue weighted by Crippen LogP contribution is 2.56. The zero-order valence-corrected chi connectivity index (χ0v) is 21.0. The van der Waals surface area contributed by atoms with Crippen LogP contribution in [0.25, 0.3) is 0 Å². The largest absolute Gasteiger partial charge is 0.320 e. The average Bonchev–Trinajstić information content (AvgIpc) is 3.23. The maximum atomic E-state index is 13.2. The number of amides is 1. The summed E-state index contributed by atoms with van der Waals surface area (Å²) in [4.78, 5) is 13.2. The van der Waals surface area contributed by atoms with E-state index in [0.717, 1.165) is 32.4 Å². The molecule has 5 nitrogen and oxygen atoms in total. The van der Waals surface area contributed by atoms with Crippen molar-refractivity contribution in [2.75, 3.05) is 13.1 Å². The van der Waals surface area contributed by atoms with Gasteiger partial charge in [-0.25, -0.2) is 13.9 Å². The summed E-state index contributed by atoms with van der Waals surface area (Å²) in [6, 6.07) is 0.653. The normalized spacial score (nSPS) is 31.7. The average molecular weight is 419 g/mol. The lowest BCUT2D eigenvalue weighted by Crippen LogP contribution is -2.61. The zero-order chi connectivity index (χ0) is 22.8. The molecule has 2 fully saturated rings. The van der Waals surface area contributed by atoms with Crippen molar-refractivity contribution in [3.63, 3.8) is 0 Å². The summed E-state index contributed by atoms with van der Waals surface area (Å²) in [6.45, 7) is 20.6. The highest BCUT2D eigenvalue weighted by molar-refractivity contribution is 5.71. The standard InChI is InChI=1S/C25H46N4O/c1-22(2,3)19(28-13-12-27(9)18-28)15-23(4,5)24(6,7)20-16-25(8,26)17-29(20)14-10-11-21(29)30/h12-13,18-20H,10-11,14-17,26H2,1-9H3/q+2. The summed E-state index contributed by atoms with van der Waals surface area (Å²) in [6.07, 6.45) is 10.2. The van der Waals surface area contributed by atoms with Crippen LogP contribution in [0.3, 0.4) is 0 Å². The molecule has 1 aromatic heterocycles. The van der Waals surface area contributed by atoms with Crippen molar-refractivity contribution in [3.05, 3.63) is 18.7 Å². The van der Waals surface area contributed by atoms with Crippen LogP contribution >= 0.6 is 0 Å². The summed E-state index contributed by atoms with van der Waals surface area (Å²) in [5.74, 6) is 0.419. The van der Waals surface area contributed by atoms with Crippen molar-refractivity contribution in [2.24, 2.45) is 29.0 Å². The third-order valence-corrected chi connectivity index (χ3v) is 8.77. The van der Waals surface area contributed by atoms with E-state index in [1.807, 2.05) is 0 Å². The Hall–Kier alpha value is -1.20. The fourth-order valence-corrected chi connectivity index (χ4v) is 6.38. The van der Waals surface area contributed by atoms with Gasteiger partial charge in [0, 0.05) is 23.7 Å². The van der Waals surface area contributed by atoms with E-state index >= 15 is 0 Å². The van der Waals surface area contributed by atoms with Crippen LogP contribution in [0, 0.1) is 16.2 Å². The first-order valence-electron chi connectivity index (χ1n) is 11.7. The third-order valence-electron chi connectivity index (χ3n) is 8.77. The number of rotatable bonds is 5. The second kappa shape index (κ2) is 7.16.